The molecule has 4 rings (SSSR count). The Balaban J connectivity index is 1.72. The number of para-hydroxylation sites is 1. The monoisotopic (exact) mass is 379 g/mol. The van der Waals surface area contributed by atoms with Crippen LogP contribution >= 0.6 is 0 Å². The Bertz CT molecular complexity index is 872. The van der Waals surface area contributed by atoms with Gasteiger partial charge in [0.15, 0.2) is 6.04 Å². The minimum atomic E-state index is -0.627. The van der Waals surface area contributed by atoms with E-state index in [9.17, 15) is 9.59 Å². The maximum atomic E-state index is 13.5. The average molecular weight is 380 g/mol. The topological polar surface area (TPSA) is 54.3 Å². The number of nitrogens with zero attached hydrogens (tertiary/aromatic N) is 2. The summed E-state index contributed by atoms with van der Waals surface area (Å²) in [4.78, 5) is 28.3. The predicted octanol–water partition coefficient (Wildman–Crippen LogP) is 3.83. The molecule has 2 aliphatic rings. The van der Waals surface area contributed by atoms with Crippen molar-refractivity contribution in [3.63, 3.8) is 0 Å². The van der Waals surface area contributed by atoms with Crippen molar-refractivity contribution in [3.8, 4) is 0 Å². The van der Waals surface area contributed by atoms with Crippen molar-refractivity contribution in [2.75, 3.05) is 4.90 Å². The number of hydrogen-bond acceptors (Lipinski definition) is 2. The fourth-order valence-corrected chi connectivity index (χ4v) is 4.68. The Morgan fingerprint density at radius 3 is 2.71 bits per heavy atom. The number of aryl methyl sites for hydroxylation is 1. The lowest BCUT2D eigenvalue weighted by Gasteiger charge is -2.38. The van der Waals surface area contributed by atoms with Crippen LogP contribution < -0.4 is 10.2 Å². The molecule has 1 aliphatic carbocycles. The smallest absolute Gasteiger partial charge is 0.249 e. The van der Waals surface area contributed by atoms with E-state index < -0.39 is 6.04 Å². The van der Waals surface area contributed by atoms with Gasteiger partial charge in [-0.15, -0.1) is 0 Å². The van der Waals surface area contributed by atoms with Crippen LogP contribution in [0.15, 0.2) is 42.6 Å². The van der Waals surface area contributed by atoms with Crippen LogP contribution in [-0.2, 0) is 22.6 Å². The molecule has 148 valence electrons. The molecule has 1 aromatic carbocycles. The van der Waals surface area contributed by atoms with E-state index in [2.05, 4.69) is 19.2 Å². The molecule has 2 aromatic rings. The van der Waals surface area contributed by atoms with Gasteiger partial charge in [-0.3, -0.25) is 14.5 Å². The van der Waals surface area contributed by atoms with Gasteiger partial charge >= 0.3 is 0 Å². The van der Waals surface area contributed by atoms with Crippen molar-refractivity contribution in [2.24, 2.45) is 5.92 Å². The first-order chi connectivity index (χ1) is 13.6. The predicted molar refractivity (Wildman–Crippen MR) is 110 cm³/mol. The number of nitrogens with one attached hydrogen (secondary N) is 1. The van der Waals surface area contributed by atoms with Crippen LogP contribution in [0.2, 0.25) is 0 Å². The molecule has 5 nitrogen and oxygen atoms in total. The first-order valence-electron chi connectivity index (χ1n) is 10.5. The number of aromatic nitrogens is 1. The van der Waals surface area contributed by atoms with Crippen molar-refractivity contribution in [2.45, 2.75) is 64.6 Å². The van der Waals surface area contributed by atoms with Crippen LogP contribution in [0.1, 0.15) is 56.8 Å². The number of carbonyl (C=O) groups excluding carboxylic acids is 2. The van der Waals surface area contributed by atoms with E-state index in [0.29, 0.717) is 5.92 Å². The van der Waals surface area contributed by atoms with Crippen molar-refractivity contribution < 1.29 is 9.59 Å². The largest absolute Gasteiger partial charge is 0.351 e. The van der Waals surface area contributed by atoms with Crippen molar-refractivity contribution in [1.29, 1.82) is 0 Å². The Kier molecular flexibility index (Phi) is 5.25. The Hall–Kier alpha value is -2.56. The van der Waals surface area contributed by atoms with Crippen molar-refractivity contribution >= 4 is 17.5 Å². The molecule has 0 radical (unpaired) electrons. The molecule has 1 fully saturated rings. The number of benzene rings is 1. The summed E-state index contributed by atoms with van der Waals surface area (Å²) in [6.07, 6.45) is 7.24. The Morgan fingerprint density at radius 2 is 1.93 bits per heavy atom. The number of anilines is 1. The van der Waals surface area contributed by atoms with Gasteiger partial charge in [-0.25, -0.2) is 0 Å². The standard InChI is InChI=1S/C23H29N3O2/c1-3-17-10-5-7-12-19(17)26-21(27)15-25-14-8-13-20(25)22(26)23(28)24-18-11-6-4-9-16(18)2/h5,7-8,10,12-14,16,18,22H,3-4,6,9,11,15H2,1-2H3,(H,24,28)/t16-,18-,22+/m0/s1. The van der Waals surface area contributed by atoms with Gasteiger partial charge in [-0.05, 0) is 48.9 Å². The highest BCUT2D eigenvalue weighted by atomic mass is 16.2. The summed E-state index contributed by atoms with van der Waals surface area (Å²) in [5.41, 5.74) is 2.81. The SMILES string of the molecule is CCc1ccccc1N1C(=O)Cn2cccc2[C@@H]1C(=O)N[C@H]1CCCC[C@@H]1C. The van der Waals surface area contributed by atoms with Crippen LogP contribution in [-0.4, -0.2) is 22.4 Å². The minimum Gasteiger partial charge on any atom is -0.351 e. The lowest BCUT2D eigenvalue weighted by molar-refractivity contribution is -0.129. The van der Waals surface area contributed by atoms with E-state index in [-0.39, 0.29) is 24.4 Å². The molecule has 1 N–H and O–H groups in total. The summed E-state index contributed by atoms with van der Waals surface area (Å²) in [6.45, 7) is 4.56. The number of amides is 2. The minimum absolute atomic E-state index is 0.0403. The fourth-order valence-electron chi connectivity index (χ4n) is 4.68. The molecule has 1 aromatic heterocycles. The first-order valence-corrected chi connectivity index (χ1v) is 10.5. The highest BCUT2D eigenvalue weighted by Gasteiger charge is 2.40. The summed E-state index contributed by atoms with van der Waals surface area (Å²) in [7, 11) is 0. The zero-order chi connectivity index (χ0) is 19.7. The van der Waals surface area contributed by atoms with E-state index in [1.807, 2.05) is 47.2 Å². The van der Waals surface area contributed by atoms with E-state index in [4.69, 9.17) is 0 Å². The molecule has 0 bridgehead atoms. The molecule has 28 heavy (non-hydrogen) atoms. The van der Waals surface area contributed by atoms with Gasteiger partial charge in [-0.2, -0.15) is 0 Å². The zero-order valence-corrected chi connectivity index (χ0v) is 16.7. The number of rotatable bonds is 4. The highest BCUT2D eigenvalue weighted by molar-refractivity contribution is 6.03. The van der Waals surface area contributed by atoms with Gasteiger partial charge in [0.2, 0.25) is 11.8 Å². The third kappa shape index (κ3) is 3.34. The fraction of sp³-hybridized carbons (Fsp3) is 0.478. The maximum Gasteiger partial charge on any atom is 0.249 e. The molecular weight excluding hydrogens is 350 g/mol. The van der Waals surface area contributed by atoms with Crippen LogP contribution in [0.3, 0.4) is 0 Å². The maximum absolute atomic E-state index is 13.5. The van der Waals surface area contributed by atoms with E-state index in [1.54, 1.807) is 4.90 Å². The Morgan fingerprint density at radius 1 is 1.14 bits per heavy atom. The van der Waals surface area contributed by atoms with Crippen LogP contribution in [0.25, 0.3) is 0 Å². The zero-order valence-electron chi connectivity index (χ0n) is 16.7. The first kappa shape index (κ1) is 18.8. The summed E-state index contributed by atoms with van der Waals surface area (Å²) in [5, 5.41) is 3.28. The molecule has 2 heterocycles. The van der Waals surface area contributed by atoms with Gasteiger partial charge in [0, 0.05) is 17.9 Å². The summed E-state index contributed by atoms with van der Waals surface area (Å²) < 4.78 is 1.90. The van der Waals surface area contributed by atoms with Crippen molar-refractivity contribution in [3.05, 3.63) is 53.9 Å². The lowest BCUT2D eigenvalue weighted by atomic mass is 9.85. The Labute approximate surface area is 166 Å². The molecule has 2 amide bonds. The van der Waals surface area contributed by atoms with E-state index >= 15 is 0 Å². The number of fused-ring (bicyclic) bond motifs is 1. The summed E-state index contributed by atoms with van der Waals surface area (Å²) in [6, 6.07) is 11.4. The lowest BCUT2D eigenvalue weighted by Crippen LogP contribution is -2.52. The molecule has 0 saturated heterocycles. The van der Waals surface area contributed by atoms with Gasteiger partial charge < -0.3 is 9.88 Å². The average Bonchev–Trinajstić information content (AvgIpc) is 3.16. The normalized spacial score (nSPS) is 24.7. The third-order valence-corrected chi connectivity index (χ3v) is 6.30. The third-order valence-electron chi connectivity index (χ3n) is 6.30. The number of carbonyl (C=O) groups is 2. The molecule has 0 unspecified atom stereocenters. The second kappa shape index (κ2) is 7.82. The number of hydrogen-bond donors (Lipinski definition) is 1. The van der Waals surface area contributed by atoms with Crippen LogP contribution in [0, 0.1) is 5.92 Å². The quantitative estimate of drug-likeness (QED) is 0.878. The summed E-state index contributed by atoms with van der Waals surface area (Å²) in [5.74, 6) is 0.360. The molecular formula is C23H29N3O2. The summed E-state index contributed by atoms with van der Waals surface area (Å²) >= 11 is 0. The molecule has 3 atom stereocenters. The van der Waals surface area contributed by atoms with Gasteiger partial charge in [0.25, 0.3) is 0 Å². The van der Waals surface area contributed by atoms with Gasteiger partial charge in [0.1, 0.15) is 6.54 Å². The molecule has 5 heteroatoms. The van der Waals surface area contributed by atoms with Crippen LogP contribution in [0.5, 0.6) is 0 Å². The molecule has 0 spiro atoms. The van der Waals surface area contributed by atoms with E-state index in [0.717, 1.165) is 42.6 Å². The van der Waals surface area contributed by atoms with Crippen LogP contribution in [0.4, 0.5) is 5.69 Å². The van der Waals surface area contributed by atoms with Crippen molar-refractivity contribution in [1.82, 2.24) is 9.88 Å². The second-order valence-corrected chi connectivity index (χ2v) is 8.09. The highest BCUT2D eigenvalue weighted by Crippen LogP contribution is 2.35. The molecule has 1 saturated carbocycles. The second-order valence-electron chi connectivity index (χ2n) is 8.09. The van der Waals surface area contributed by atoms with Gasteiger partial charge in [-0.1, -0.05) is 44.9 Å². The van der Waals surface area contributed by atoms with E-state index in [1.165, 1.54) is 6.42 Å². The molecule has 1 aliphatic heterocycles. The van der Waals surface area contributed by atoms with Gasteiger partial charge in [0.05, 0.1) is 5.69 Å².